The number of aromatic nitrogens is 2. The summed E-state index contributed by atoms with van der Waals surface area (Å²) in [4.78, 5) is 26.1. The van der Waals surface area contributed by atoms with Gasteiger partial charge in [-0.25, -0.2) is 0 Å². The summed E-state index contributed by atoms with van der Waals surface area (Å²) >= 11 is 0. The summed E-state index contributed by atoms with van der Waals surface area (Å²) in [6.45, 7) is 8.81. The van der Waals surface area contributed by atoms with Crippen molar-refractivity contribution < 1.29 is 9.59 Å². The Hall–Kier alpha value is -1.89. The highest BCUT2D eigenvalue weighted by molar-refractivity contribution is 5.96. The van der Waals surface area contributed by atoms with Gasteiger partial charge in [0, 0.05) is 24.8 Å². The second kappa shape index (κ2) is 7.12. The minimum Gasteiger partial charge on any atom is -0.349 e. The fraction of sp³-hybridized carbons (Fsp3) is 0.688. The molecule has 23 heavy (non-hydrogen) atoms. The Labute approximate surface area is 137 Å². The Bertz CT molecular complexity index is 554. The molecule has 0 aliphatic carbocycles. The van der Waals surface area contributed by atoms with E-state index in [1.54, 1.807) is 6.92 Å². The molecular weight excluding hydrogens is 294 g/mol. The Morgan fingerprint density at radius 3 is 2.39 bits per heavy atom. The number of H-pyrrole nitrogens is 1. The molecule has 1 aliphatic heterocycles. The predicted octanol–water partition coefficient (Wildman–Crippen LogP) is 0.731. The van der Waals surface area contributed by atoms with Crippen molar-refractivity contribution >= 4 is 11.8 Å². The van der Waals surface area contributed by atoms with E-state index in [1.807, 2.05) is 25.7 Å². The SMILES string of the molecule is Cc1n[nH]c(C)c1C(=O)NC(C)C1CCN(C(=O)C(C)N)CC1. The van der Waals surface area contributed by atoms with E-state index in [0.717, 1.165) is 18.5 Å². The van der Waals surface area contributed by atoms with Gasteiger partial charge in [-0.2, -0.15) is 5.10 Å². The van der Waals surface area contributed by atoms with Crippen LogP contribution in [-0.4, -0.2) is 52.1 Å². The highest BCUT2D eigenvalue weighted by Crippen LogP contribution is 2.21. The molecule has 4 N–H and O–H groups in total. The molecule has 2 rings (SSSR count). The van der Waals surface area contributed by atoms with Gasteiger partial charge in [-0.1, -0.05) is 0 Å². The van der Waals surface area contributed by atoms with Crippen molar-refractivity contribution in [1.29, 1.82) is 0 Å². The number of carbonyl (C=O) groups is 2. The molecule has 1 saturated heterocycles. The van der Waals surface area contributed by atoms with Crippen molar-refractivity contribution in [3.05, 3.63) is 17.0 Å². The van der Waals surface area contributed by atoms with Gasteiger partial charge in [0.25, 0.3) is 5.91 Å². The van der Waals surface area contributed by atoms with E-state index in [2.05, 4.69) is 15.5 Å². The molecule has 2 amide bonds. The van der Waals surface area contributed by atoms with Crippen LogP contribution in [0.2, 0.25) is 0 Å². The monoisotopic (exact) mass is 321 g/mol. The first-order valence-corrected chi connectivity index (χ1v) is 8.18. The maximum Gasteiger partial charge on any atom is 0.255 e. The zero-order valence-electron chi connectivity index (χ0n) is 14.3. The molecule has 7 heteroatoms. The Kier molecular flexibility index (Phi) is 5.41. The average molecular weight is 321 g/mol. The topological polar surface area (TPSA) is 104 Å². The lowest BCUT2D eigenvalue weighted by atomic mass is 9.90. The van der Waals surface area contributed by atoms with Crippen molar-refractivity contribution in [2.24, 2.45) is 11.7 Å². The first kappa shape index (κ1) is 17.5. The van der Waals surface area contributed by atoms with Crippen LogP contribution >= 0.6 is 0 Å². The number of rotatable bonds is 4. The van der Waals surface area contributed by atoms with E-state index < -0.39 is 6.04 Å². The largest absolute Gasteiger partial charge is 0.349 e. The third kappa shape index (κ3) is 3.90. The van der Waals surface area contributed by atoms with Crippen molar-refractivity contribution in [2.75, 3.05) is 13.1 Å². The second-order valence-electron chi connectivity index (χ2n) is 6.52. The number of aryl methyl sites for hydroxylation is 2. The maximum atomic E-state index is 12.4. The third-order valence-corrected chi connectivity index (χ3v) is 4.66. The van der Waals surface area contributed by atoms with Crippen LogP contribution in [0.15, 0.2) is 0 Å². The normalized spacial score (nSPS) is 18.6. The molecule has 0 radical (unpaired) electrons. The molecule has 2 unspecified atom stereocenters. The van der Waals surface area contributed by atoms with E-state index in [1.165, 1.54) is 0 Å². The number of likely N-dealkylation sites (tertiary alicyclic amines) is 1. The molecule has 1 aliphatic rings. The molecule has 0 bridgehead atoms. The Morgan fingerprint density at radius 2 is 1.91 bits per heavy atom. The molecule has 1 fully saturated rings. The van der Waals surface area contributed by atoms with E-state index in [9.17, 15) is 9.59 Å². The minimum absolute atomic E-state index is 0.00443. The summed E-state index contributed by atoms with van der Waals surface area (Å²) in [6, 6.07) is -0.389. The maximum absolute atomic E-state index is 12.4. The van der Waals surface area contributed by atoms with Crippen molar-refractivity contribution in [3.8, 4) is 0 Å². The number of nitrogens with zero attached hydrogens (tertiary/aromatic N) is 2. The highest BCUT2D eigenvalue weighted by Gasteiger charge is 2.29. The smallest absolute Gasteiger partial charge is 0.255 e. The number of nitrogens with one attached hydrogen (secondary N) is 2. The molecule has 2 atom stereocenters. The second-order valence-corrected chi connectivity index (χ2v) is 6.52. The van der Waals surface area contributed by atoms with Crippen LogP contribution in [0.4, 0.5) is 0 Å². The number of carbonyl (C=O) groups excluding carboxylic acids is 2. The van der Waals surface area contributed by atoms with E-state index in [4.69, 9.17) is 5.73 Å². The summed E-state index contributed by atoms with van der Waals surface area (Å²) in [5, 5.41) is 9.97. The van der Waals surface area contributed by atoms with Crippen LogP contribution in [0, 0.1) is 19.8 Å². The summed E-state index contributed by atoms with van der Waals surface area (Å²) in [5.41, 5.74) is 7.77. The summed E-state index contributed by atoms with van der Waals surface area (Å²) < 4.78 is 0. The van der Waals surface area contributed by atoms with Crippen molar-refractivity contribution in [2.45, 2.75) is 52.6 Å². The standard InChI is InChI=1S/C16H27N5O2/c1-9(17)16(23)21-7-5-13(6-8-21)10(2)18-15(22)14-11(3)19-20-12(14)4/h9-10,13H,5-8,17H2,1-4H3,(H,18,22)(H,19,20). The van der Waals surface area contributed by atoms with E-state index in [0.29, 0.717) is 30.3 Å². The van der Waals surface area contributed by atoms with Crippen LogP contribution in [0.3, 0.4) is 0 Å². The van der Waals surface area contributed by atoms with Crippen LogP contribution < -0.4 is 11.1 Å². The zero-order valence-corrected chi connectivity index (χ0v) is 14.3. The molecule has 2 heterocycles. The van der Waals surface area contributed by atoms with E-state index in [-0.39, 0.29) is 17.9 Å². The van der Waals surface area contributed by atoms with Crippen LogP contribution in [0.5, 0.6) is 0 Å². The third-order valence-electron chi connectivity index (χ3n) is 4.66. The minimum atomic E-state index is -0.448. The van der Waals surface area contributed by atoms with Crippen molar-refractivity contribution in [1.82, 2.24) is 20.4 Å². The molecule has 0 spiro atoms. The van der Waals surface area contributed by atoms with Gasteiger partial charge in [-0.3, -0.25) is 14.7 Å². The van der Waals surface area contributed by atoms with Crippen molar-refractivity contribution in [3.63, 3.8) is 0 Å². The van der Waals surface area contributed by atoms with Gasteiger partial charge in [0.05, 0.1) is 17.3 Å². The number of piperidine rings is 1. The first-order chi connectivity index (χ1) is 10.8. The zero-order chi connectivity index (χ0) is 17.1. The van der Waals surface area contributed by atoms with Gasteiger partial charge in [0.1, 0.15) is 0 Å². The van der Waals surface area contributed by atoms with Gasteiger partial charge in [0.15, 0.2) is 0 Å². The molecule has 1 aromatic rings. The lowest BCUT2D eigenvalue weighted by Gasteiger charge is -2.35. The number of hydrogen-bond donors (Lipinski definition) is 3. The van der Waals surface area contributed by atoms with Crippen LogP contribution in [-0.2, 0) is 4.79 Å². The van der Waals surface area contributed by atoms with Gasteiger partial charge >= 0.3 is 0 Å². The molecule has 7 nitrogen and oxygen atoms in total. The van der Waals surface area contributed by atoms with Gasteiger partial charge < -0.3 is 16.0 Å². The Balaban J connectivity index is 1.89. The molecular formula is C16H27N5O2. The summed E-state index contributed by atoms with van der Waals surface area (Å²) in [7, 11) is 0. The molecule has 1 aromatic heterocycles. The first-order valence-electron chi connectivity index (χ1n) is 8.18. The lowest BCUT2D eigenvalue weighted by Crippen LogP contribution is -2.49. The lowest BCUT2D eigenvalue weighted by molar-refractivity contribution is -0.133. The quantitative estimate of drug-likeness (QED) is 0.760. The Morgan fingerprint density at radius 1 is 1.30 bits per heavy atom. The number of aromatic amines is 1. The predicted molar refractivity (Wildman–Crippen MR) is 87.9 cm³/mol. The molecule has 128 valence electrons. The average Bonchev–Trinajstić information content (AvgIpc) is 2.85. The fourth-order valence-corrected chi connectivity index (χ4v) is 3.19. The van der Waals surface area contributed by atoms with E-state index >= 15 is 0 Å². The number of amides is 2. The molecule has 0 saturated carbocycles. The summed E-state index contributed by atoms with van der Waals surface area (Å²) in [5.74, 6) is 0.281. The van der Waals surface area contributed by atoms with Crippen LogP contribution in [0.1, 0.15) is 48.4 Å². The molecule has 0 aromatic carbocycles. The van der Waals surface area contributed by atoms with Gasteiger partial charge in [-0.15, -0.1) is 0 Å². The van der Waals surface area contributed by atoms with Crippen LogP contribution in [0.25, 0.3) is 0 Å². The van der Waals surface area contributed by atoms with Gasteiger partial charge in [-0.05, 0) is 46.5 Å². The number of nitrogens with two attached hydrogens (primary N) is 1. The summed E-state index contributed by atoms with van der Waals surface area (Å²) in [6.07, 6.45) is 1.76. The highest BCUT2D eigenvalue weighted by atomic mass is 16.2. The number of hydrogen-bond acceptors (Lipinski definition) is 4. The van der Waals surface area contributed by atoms with Gasteiger partial charge in [0.2, 0.25) is 5.91 Å². The fourth-order valence-electron chi connectivity index (χ4n) is 3.19.